The van der Waals surface area contributed by atoms with Crippen molar-refractivity contribution in [1.82, 2.24) is 15.4 Å². The summed E-state index contributed by atoms with van der Waals surface area (Å²) in [4.78, 5) is 27.6. The van der Waals surface area contributed by atoms with Gasteiger partial charge in [0.1, 0.15) is 5.75 Å². The summed E-state index contributed by atoms with van der Waals surface area (Å²) < 4.78 is 5.25. The van der Waals surface area contributed by atoms with E-state index in [1.165, 1.54) is 5.01 Å². The molecular weight excluding hydrogens is 354 g/mol. The van der Waals surface area contributed by atoms with E-state index in [0.717, 1.165) is 39.9 Å². The topological polar surface area (TPSA) is 74.4 Å². The summed E-state index contributed by atoms with van der Waals surface area (Å²) in [6.07, 6.45) is 2.20. The molecule has 6 nitrogen and oxygen atoms in total. The molecule has 144 valence electrons. The molecule has 2 N–H and O–H groups in total. The lowest BCUT2D eigenvalue weighted by Gasteiger charge is -2.16. The minimum atomic E-state index is -0.138. The molecule has 1 aromatic heterocycles. The summed E-state index contributed by atoms with van der Waals surface area (Å²) in [5.74, 6) is 0.650. The lowest BCUT2D eigenvalue weighted by Crippen LogP contribution is -2.42. The number of nitrogens with zero attached hydrogens (tertiary/aromatic N) is 1. The second-order valence-corrected chi connectivity index (χ2v) is 6.94. The number of rotatable bonds is 6. The Labute approximate surface area is 163 Å². The zero-order valence-corrected chi connectivity index (χ0v) is 15.8. The fourth-order valence-corrected chi connectivity index (χ4v) is 3.68. The van der Waals surface area contributed by atoms with Crippen LogP contribution in [-0.2, 0) is 16.0 Å². The zero-order valence-electron chi connectivity index (χ0n) is 15.8. The van der Waals surface area contributed by atoms with Gasteiger partial charge in [0.05, 0.1) is 7.11 Å². The maximum atomic E-state index is 12.4. The number of ether oxygens (including phenoxy) is 1. The number of aromatic amines is 1. The second kappa shape index (κ2) is 7.76. The Hall–Kier alpha value is -3.28. The fourth-order valence-electron chi connectivity index (χ4n) is 3.68. The van der Waals surface area contributed by atoms with Crippen LogP contribution in [0.1, 0.15) is 24.8 Å². The van der Waals surface area contributed by atoms with Gasteiger partial charge in [0.25, 0.3) is 0 Å². The molecular formula is C22H23N3O3. The molecule has 1 saturated heterocycles. The number of fused-ring (bicyclic) bond motifs is 1. The zero-order chi connectivity index (χ0) is 19.5. The van der Waals surface area contributed by atoms with E-state index in [1.807, 2.05) is 42.5 Å². The van der Waals surface area contributed by atoms with Crippen LogP contribution in [-0.4, -0.2) is 35.5 Å². The number of hydrogen-bond acceptors (Lipinski definition) is 3. The highest BCUT2D eigenvalue weighted by atomic mass is 16.5. The monoisotopic (exact) mass is 377 g/mol. The molecule has 0 aliphatic carbocycles. The quantitative estimate of drug-likeness (QED) is 0.691. The summed E-state index contributed by atoms with van der Waals surface area (Å²) in [5.41, 5.74) is 6.92. The maximum Gasteiger partial charge on any atom is 0.241 e. The van der Waals surface area contributed by atoms with E-state index in [1.54, 1.807) is 7.11 Å². The van der Waals surface area contributed by atoms with E-state index in [2.05, 4.69) is 16.5 Å². The number of benzene rings is 2. The summed E-state index contributed by atoms with van der Waals surface area (Å²) in [6.45, 7) is 0.592. The predicted molar refractivity (Wildman–Crippen MR) is 108 cm³/mol. The molecule has 0 atom stereocenters. The first-order chi connectivity index (χ1) is 13.7. The molecule has 3 aromatic rings. The number of methoxy groups -OCH3 is 1. The number of nitrogens with one attached hydrogen (secondary N) is 2. The Balaban J connectivity index is 1.58. The van der Waals surface area contributed by atoms with Crippen LogP contribution < -0.4 is 10.2 Å². The predicted octanol–water partition coefficient (Wildman–Crippen LogP) is 3.43. The summed E-state index contributed by atoms with van der Waals surface area (Å²) in [7, 11) is 1.65. The van der Waals surface area contributed by atoms with Crippen molar-refractivity contribution in [2.75, 3.05) is 13.7 Å². The third-order valence-corrected chi connectivity index (χ3v) is 5.13. The SMILES string of the molecule is COc1ccc(-c2[nH]c3ccccc3c2CCC(=O)NN2CCCC2=O)cc1. The molecule has 2 amide bonds. The maximum absolute atomic E-state index is 12.4. The first-order valence-electron chi connectivity index (χ1n) is 9.49. The van der Waals surface area contributed by atoms with Gasteiger partial charge in [-0.3, -0.25) is 20.0 Å². The van der Waals surface area contributed by atoms with Crippen molar-refractivity contribution in [3.63, 3.8) is 0 Å². The van der Waals surface area contributed by atoms with Crippen LogP contribution >= 0.6 is 0 Å². The minimum Gasteiger partial charge on any atom is -0.497 e. The molecule has 2 heterocycles. The lowest BCUT2D eigenvalue weighted by molar-refractivity contribution is -0.138. The number of hydrogen-bond donors (Lipinski definition) is 2. The number of amides is 2. The van der Waals surface area contributed by atoms with Crippen molar-refractivity contribution in [2.45, 2.75) is 25.7 Å². The van der Waals surface area contributed by atoms with Crippen LogP contribution in [0.2, 0.25) is 0 Å². The van der Waals surface area contributed by atoms with Gasteiger partial charge in [0.15, 0.2) is 0 Å². The number of aromatic nitrogens is 1. The van der Waals surface area contributed by atoms with Gasteiger partial charge >= 0.3 is 0 Å². The van der Waals surface area contributed by atoms with E-state index >= 15 is 0 Å². The average Bonchev–Trinajstić information content (AvgIpc) is 3.30. The largest absolute Gasteiger partial charge is 0.497 e. The Bertz CT molecular complexity index is 1010. The van der Waals surface area contributed by atoms with Gasteiger partial charge in [0, 0.05) is 36.0 Å². The number of carbonyl (C=O) groups excluding carboxylic acids is 2. The van der Waals surface area contributed by atoms with Crippen LogP contribution in [0.5, 0.6) is 5.75 Å². The molecule has 1 aliphatic heterocycles. The number of carbonyl (C=O) groups is 2. The molecule has 0 spiro atoms. The first-order valence-corrected chi connectivity index (χ1v) is 9.49. The Morgan fingerprint density at radius 1 is 1.18 bits per heavy atom. The van der Waals surface area contributed by atoms with Crippen molar-refractivity contribution in [3.05, 3.63) is 54.1 Å². The highest BCUT2D eigenvalue weighted by Gasteiger charge is 2.22. The molecule has 0 bridgehead atoms. The van der Waals surface area contributed by atoms with Crippen molar-refractivity contribution in [1.29, 1.82) is 0 Å². The number of hydrazine groups is 1. The van der Waals surface area contributed by atoms with Gasteiger partial charge in [-0.05, 0) is 54.3 Å². The van der Waals surface area contributed by atoms with Gasteiger partial charge < -0.3 is 9.72 Å². The molecule has 4 rings (SSSR count). The third-order valence-electron chi connectivity index (χ3n) is 5.13. The van der Waals surface area contributed by atoms with Gasteiger partial charge in [-0.1, -0.05) is 18.2 Å². The highest BCUT2D eigenvalue weighted by molar-refractivity contribution is 5.91. The molecule has 0 saturated carbocycles. The summed E-state index contributed by atoms with van der Waals surface area (Å²) in [5, 5.41) is 2.54. The van der Waals surface area contributed by atoms with Crippen molar-refractivity contribution in [2.24, 2.45) is 0 Å². The second-order valence-electron chi connectivity index (χ2n) is 6.94. The van der Waals surface area contributed by atoms with Crippen LogP contribution in [0.3, 0.4) is 0 Å². The standard InChI is InChI=1S/C22H23N3O3/c1-28-16-10-8-15(9-11-16)22-18(17-5-2-3-6-19(17)23-22)12-13-20(26)24-25-14-4-7-21(25)27/h2-3,5-6,8-11,23H,4,7,12-14H2,1H3,(H,24,26). The molecule has 1 aliphatic rings. The van der Waals surface area contributed by atoms with Crippen molar-refractivity contribution >= 4 is 22.7 Å². The number of para-hydroxylation sites is 1. The fraction of sp³-hybridized carbons (Fsp3) is 0.273. The van der Waals surface area contributed by atoms with E-state index in [9.17, 15) is 9.59 Å². The van der Waals surface area contributed by atoms with E-state index < -0.39 is 0 Å². The number of H-pyrrole nitrogens is 1. The molecule has 0 unspecified atom stereocenters. The molecule has 28 heavy (non-hydrogen) atoms. The van der Waals surface area contributed by atoms with E-state index in [0.29, 0.717) is 25.8 Å². The van der Waals surface area contributed by atoms with Gasteiger partial charge in [-0.15, -0.1) is 0 Å². The molecule has 0 radical (unpaired) electrons. The molecule has 2 aromatic carbocycles. The van der Waals surface area contributed by atoms with Crippen molar-refractivity contribution in [3.8, 4) is 17.0 Å². The average molecular weight is 377 g/mol. The molecule has 6 heteroatoms. The van der Waals surface area contributed by atoms with Gasteiger partial charge in [0.2, 0.25) is 11.8 Å². The summed E-state index contributed by atoms with van der Waals surface area (Å²) in [6, 6.07) is 16.0. The minimum absolute atomic E-state index is 0.0145. The highest BCUT2D eigenvalue weighted by Crippen LogP contribution is 2.32. The summed E-state index contributed by atoms with van der Waals surface area (Å²) >= 11 is 0. The third kappa shape index (κ3) is 3.58. The van der Waals surface area contributed by atoms with Gasteiger partial charge in [-0.25, -0.2) is 0 Å². The van der Waals surface area contributed by atoms with Crippen LogP contribution in [0.25, 0.3) is 22.2 Å². The van der Waals surface area contributed by atoms with Crippen LogP contribution in [0.4, 0.5) is 0 Å². The molecule has 1 fully saturated rings. The van der Waals surface area contributed by atoms with Crippen molar-refractivity contribution < 1.29 is 14.3 Å². The van der Waals surface area contributed by atoms with Crippen LogP contribution in [0.15, 0.2) is 48.5 Å². The van der Waals surface area contributed by atoms with Gasteiger partial charge in [-0.2, -0.15) is 0 Å². The van der Waals surface area contributed by atoms with Crippen LogP contribution in [0, 0.1) is 0 Å². The Morgan fingerprint density at radius 3 is 2.68 bits per heavy atom. The Kier molecular flexibility index (Phi) is 5.02. The normalized spacial score (nSPS) is 13.9. The lowest BCUT2D eigenvalue weighted by atomic mass is 10.0. The van der Waals surface area contributed by atoms with E-state index in [4.69, 9.17) is 4.74 Å². The first kappa shape index (κ1) is 18.1. The number of aryl methyl sites for hydroxylation is 1. The smallest absolute Gasteiger partial charge is 0.241 e. The van der Waals surface area contributed by atoms with E-state index in [-0.39, 0.29) is 11.8 Å². The Morgan fingerprint density at radius 2 is 1.96 bits per heavy atom.